The van der Waals surface area contributed by atoms with Crippen LogP contribution in [0.5, 0.6) is 0 Å². The van der Waals surface area contributed by atoms with Crippen LogP contribution in [0.25, 0.3) is 10.9 Å². The zero-order valence-electron chi connectivity index (χ0n) is 14.9. The first kappa shape index (κ1) is 15.8. The van der Waals surface area contributed by atoms with Gasteiger partial charge in [0.05, 0.1) is 11.4 Å². The number of thiophene rings is 1. The number of nitrogens with zero attached hydrogens (tertiary/aromatic N) is 1. The third-order valence-electron chi connectivity index (χ3n) is 5.44. The number of aromatic nitrogens is 1. The van der Waals surface area contributed by atoms with Gasteiger partial charge >= 0.3 is 0 Å². The standard InChI is InChI=1S/C22H20N2OS/c1-22(2)11-16-20(17(25)12-22)21(18-6-4-10-26-18)19-13-5-3-9-23-14(13)7-8-15(19)24-16/h3-10,21,24H,11-12H2,1-2H3. The number of hydrogen-bond acceptors (Lipinski definition) is 4. The van der Waals surface area contributed by atoms with Gasteiger partial charge in [0.1, 0.15) is 0 Å². The lowest BCUT2D eigenvalue weighted by Gasteiger charge is -2.39. The van der Waals surface area contributed by atoms with Crippen LogP contribution in [0.15, 0.2) is 59.2 Å². The Morgan fingerprint density at radius 3 is 2.85 bits per heavy atom. The number of ketones is 1. The zero-order chi connectivity index (χ0) is 17.9. The molecule has 3 heterocycles. The molecule has 0 bridgehead atoms. The van der Waals surface area contributed by atoms with E-state index < -0.39 is 0 Å². The number of allylic oxidation sites excluding steroid dienone is 2. The fourth-order valence-corrected chi connectivity index (χ4v) is 5.27. The molecule has 0 saturated carbocycles. The van der Waals surface area contributed by atoms with Crippen LogP contribution >= 0.6 is 11.3 Å². The highest BCUT2D eigenvalue weighted by atomic mass is 32.1. The summed E-state index contributed by atoms with van der Waals surface area (Å²) in [4.78, 5) is 18.9. The lowest BCUT2D eigenvalue weighted by Crippen LogP contribution is -2.33. The van der Waals surface area contributed by atoms with Crippen molar-refractivity contribution in [2.24, 2.45) is 5.41 Å². The van der Waals surface area contributed by atoms with Crippen LogP contribution in [-0.2, 0) is 4.79 Å². The second kappa shape index (κ2) is 5.52. The predicted molar refractivity (Wildman–Crippen MR) is 107 cm³/mol. The topological polar surface area (TPSA) is 42.0 Å². The molecule has 5 rings (SSSR count). The number of carbonyl (C=O) groups is 1. The molecule has 26 heavy (non-hydrogen) atoms. The van der Waals surface area contributed by atoms with Crippen LogP contribution in [0.3, 0.4) is 0 Å². The third kappa shape index (κ3) is 2.32. The van der Waals surface area contributed by atoms with E-state index in [0.717, 1.165) is 34.3 Å². The van der Waals surface area contributed by atoms with E-state index in [2.05, 4.69) is 59.9 Å². The molecule has 0 spiro atoms. The number of carbonyl (C=O) groups excluding carboxylic acids is 1. The van der Waals surface area contributed by atoms with E-state index in [9.17, 15) is 4.79 Å². The van der Waals surface area contributed by atoms with Crippen LogP contribution < -0.4 is 5.32 Å². The van der Waals surface area contributed by atoms with Crippen molar-refractivity contribution < 1.29 is 4.79 Å². The number of fused-ring (bicyclic) bond motifs is 3. The molecule has 0 fully saturated rings. The van der Waals surface area contributed by atoms with Crippen molar-refractivity contribution in [2.75, 3.05) is 5.32 Å². The highest BCUT2D eigenvalue weighted by molar-refractivity contribution is 7.10. The molecule has 2 aliphatic rings. The summed E-state index contributed by atoms with van der Waals surface area (Å²) in [6.45, 7) is 4.35. The number of benzene rings is 1. The van der Waals surface area contributed by atoms with Gasteiger partial charge in [0.25, 0.3) is 0 Å². The van der Waals surface area contributed by atoms with E-state index in [1.165, 1.54) is 10.4 Å². The first-order valence-electron chi connectivity index (χ1n) is 8.98. The molecule has 0 saturated heterocycles. The predicted octanol–water partition coefficient (Wildman–Crippen LogP) is 5.50. The molecule has 1 aliphatic heterocycles. The zero-order valence-corrected chi connectivity index (χ0v) is 15.7. The Morgan fingerprint density at radius 2 is 2.04 bits per heavy atom. The summed E-state index contributed by atoms with van der Waals surface area (Å²) in [7, 11) is 0. The van der Waals surface area contributed by atoms with E-state index in [4.69, 9.17) is 0 Å². The molecular weight excluding hydrogens is 340 g/mol. The van der Waals surface area contributed by atoms with Gasteiger partial charge in [-0.05, 0) is 47.0 Å². The van der Waals surface area contributed by atoms with E-state index in [1.54, 1.807) is 11.3 Å². The van der Waals surface area contributed by atoms with Crippen LogP contribution in [0.2, 0.25) is 0 Å². The van der Waals surface area contributed by atoms with Crippen molar-refractivity contribution in [3.63, 3.8) is 0 Å². The van der Waals surface area contributed by atoms with Crippen molar-refractivity contribution >= 4 is 33.7 Å². The van der Waals surface area contributed by atoms with Crippen LogP contribution in [0, 0.1) is 5.41 Å². The lowest BCUT2D eigenvalue weighted by atomic mass is 9.69. The van der Waals surface area contributed by atoms with Crippen LogP contribution in [-0.4, -0.2) is 10.8 Å². The number of hydrogen-bond donors (Lipinski definition) is 1. The number of Topliss-reactive ketones (excluding diaryl/α,β-unsaturated/α-hetero) is 1. The Balaban J connectivity index is 1.82. The van der Waals surface area contributed by atoms with Crippen molar-refractivity contribution in [2.45, 2.75) is 32.6 Å². The van der Waals surface area contributed by atoms with Gasteiger partial charge in [-0.1, -0.05) is 26.0 Å². The maximum absolute atomic E-state index is 13.2. The number of pyridine rings is 1. The Kier molecular flexibility index (Phi) is 3.35. The first-order valence-corrected chi connectivity index (χ1v) is 9.86. The molecule has 0 amide bonds. The Hall–Kier alpha value is -2.46. The molecule has 1 atom stereocenters. The number of anilines is 1. The van der Waals surface area contributed by atoms with Crippen molar-refractivity contribution in [3.8, 4) is 0 Å². The summed E-state index contributed by atoms with van der Waals surface area (Å²) in [5.74, 6) is 0.270. The third-order valence-corrected chi connectivity index (χ3v) is 6.37. The summed E-state index contributed by atoms with van der Waals surface area (Å²) < 4.78 is 0. The summed E-state index contributed by atoms with van der Waals surface area (Å²) in [6.07, 6.45) is 3.33. The van der Waals surface area contributed by atoms with E-state index in [-0.39, 0.29) is 17.1 Å². The minimum Gasteiger partial charge on any atom is -0.358 e. The van der Waals surface area contributed by atoms with E-state index in [0.29, 0.717) is 6.42 Å². The van der Waals surface area contributed by atoms with Gasteiger partial charge in [-0.2, -0.15) is 0 Å². The van der Waals surface area contributed by atoms with Gasteiger partial charge in [0.2, 0.25) is 0 Å². The molecule has 3 aromatic rings. The second-order valence-electron chi connectivity index (χ2n) is 8.00. The molecule has 1 aliphatic carbocycles. The molecular formula is C22H20N2OS. The first-order chi connectivity index (χ1) is 12.5. The molecule has 4 heteroatoms. The van der Waals surface area contributed by atoms with Gasteiger partial charge in [0, 0.05) is 39.8 Å². The van der Waals surface area contributed by atoms with Gasteiger partial charge in [0.15, 0.2) is 5.78 Å². The van der Waals surface area contributed by atoms with Gasteiger partial charge in [-0.15, -0.1) is 11.3 Å². The lowest BCUT2D eigenvalue weighted by molar-refractivity contribution is -0.118. The highest BCUT2D eigenvalue weighted by Crippen LogP contribution is 2.51. The van der Waals surface area contributed by atoms with Crippen molar-refractivity contribution in [3.05, 3.63) is 69.7 Å². The van der Waals surface area contributed by atoms with Gasteiger partial charge in [-0.3, -0.25) is 9.78 Å². The fraction of sp³-hybridized carbons (Fsp3) is 0.273. The second-order valence-corrected chi connectivity index (χ2v) is 8.98. The summed E-state index contributed by atoms with van der Waals surface area (Å²) in [5.41, 5.74) is 5.31. The minimum absolute atomic E-state index is 0.00117. The molecule has 130 valence electrons. The molecule has 1 N–H and O–H groups in total. The normalized spacial score (nSPS) is 21.3. The van der Waals surface area contributed by atoms with E-state index >= 15 is 0 Å². The Labute approximate surface area is 156 Å². The van der Waals surface area contributed by atoms with E-state index in [1.807, 2.05) is 12.3 Å². The number of nitrogens with one attached hydrogen (secondary N) is 1. The molecule has 0 radical (unpaired) electrons. The van der Waals surface area contributed by atoms with Crippen molar-refractivity contribution in [1.29, 1.82) is 0 Å². The Bertz CT molecular complexity index is 1060. The fourth-order valence-electron chi connectivity index (χ4n) is 4.42. The highest BCUT2D eigenvalue weighted by Gasteiger charge is 2.41. The monoisotopic (exact) mass is 360 g/mol. The minimum atomic E-state index is -0.00208. The molecule has 2 aromatic heterocycles. The maximum Gasteiger partial charge on any atom is 0.162 e. The largest absolute Gasteiger partial charge is 0.358 e. The average molecular weight is 360 g/mol. The summed E-state index contributed by atoms with van der Waals surface area (Å²) in [6, 6.07) is 12.5. The van der Waals surface area contributed by atoms with Gasteiger partial charge < -0.3 is 5.32 Å². The number of rotatable bonds is 1. The van der Waals surface area contributed by atoms with Crippen LogP contribution in [0.4, 0.5) is 5.69 Å². The molecule has 1 unspecified atom stereocenters. The van der Waals surface area contributed by atoms with Crippen molar-refractivity contribution in [1.82, 2.24) is 4.98 Å². The molecule has 1 aromatic carbocycles. The summed E-state index contributed by atoms with van der Waals surface area (Å²) >= 11 is 1.72. The van der Waals surface area contributed by atoms with Gasteiger partial charge in [-0.25, -0.2) is 0 Å². The average Bonchev–Trinajstić information content (AvgIpc) is 3.13. The Morgan fingerprint density at radius 1 is 1.15 bits per heavy atom. The maximum atomic E-state index is 13.2. The SMILES string of the molecule is CC1(C)CC(=O)C2=C(C1)Nc1ccc3ncccc3c1C2c1cccs1. The molecule has 3 nitrogen and oxygen atoms in total. The quantitative estimate of drug-likeness (QED) is 0.623. The summed E-state index contributed by atoms with van der Waals surface area (Å²) in [5, 5.41) is 6.82. The smallest absolute Gasteiger partial charge is 0.162 e. The van der Waals surface area contributed by atoms with Crippen LogP contribution in [0.1, 0.15) is 43.0 Å².